The van der Waals surface area contributed by atoms with Crippen LogP contribution < -0.4 is 4.74 Å². The predicted molar refractivity (Wildman–Crippen MR) is 67.1 cm³/mol. The van der Waals surface area contributed by atoms with E-state index in [1.54, 1.807) is 7.11 Å². The summed E-state index contributed by atoms with van der Waals surface area (Å²) >= 11 is 1.45. The van der Waals surface area contributed by atoms with Crippen molar-refractivity contribution in [2.24, 2.45) is 0 Å². The summed E-state index contributed by atoms with van der Waals surface area (Å²) in [7, 11) is 1.62. The van der Waals surface area contributed by atoms with E-state index < -0.39 is 0 Å². The molecule has 1 aromatic heterocycles. The van der Waals surface area contributed by atoms with Crippen LogP contribution in [0.4, 0.5) is 0 Å². The molecule has 0 saturated heterocycles. The molecule has 2 rings (SSSR count). The van der Waals surface area contributed by atoms with Gasteiger partial charge in [0.2, 0.25) is 0 Å². The van der Waals surface area contributed by atoms with Crippen LogP contribution >= 0.6 is 11.8 Å². The van der Waals surface area contributed by atoms with Crippen molar-refractivity contribution in [3.63, 3.8) is 0 Å². The Morgan fingerprint density at radius 3 is 2.94 bits per heavy atom. The lowest BCUT2D eigenvalue weighted by atomic mass is 10.1. The molecule has 86 valence electrons. The second-order valence-electron chi connectivity index (χ2n) is 3.33. The van der Waals surface area contributed by atoms with Crippen LogP contribution in [0.15, 0.2) is 29.3 Å². The summed E-state index contributed by atoms with van der Waals surface area (Å²) in [5.74, 6) is 0.756. The zero-order chi connectivity index (χ0) is 12.3. The van der Waals surface area contributed by atoms with Crippen molar-refractivity contribution in [1.29, 1.82) is 5.26 Å². The average molecular weight is 245 g/mol. The van der Waals surface area contributed by atoms with Gasteiger partial charge in [0.05, 0.1) is 12.8 Å². The number of methoxy groups -OCH3 is 1. The highest BCUT2D eigenvalue weighted by Gasteiger charge is 2.13. The number of nitrogens with zero attached hydrogens (tertiary/aromatic N) is 2. The smallest absolute Gasteiger partial charge is 0.136 e. The fourth-order valence-corrected chi connectivity index (χ4v) is 2.05. The molecule has 0 aliphatic heterocycles. The molecule has 1 heterocycles. The number of aromatic amines is 1. The van der Waals surface area contributed by atoms with Crippen LogP contribution in [0.2, 0.25) is 0 Å². The summed E-state index contributed by atoms with van der Waals surface area (Å²) in [5.41, 5.74) is 2.20. The predicted octanol–water partition coefficient (Wildman–Crippen LogP) is 2.68. The molecule has 2 aromatic rings. The minimum Gasteiger partial charge on any atom is -0.497 e. The van der Waals surface area contributed by atoms with Crippen LogP contribution in [0.1, 0.15) is 5.56 Å². The van der Waals surface area contributed by atoms with Crippen molar-refractivity contribution in [1.82, 2.24) is 10.2 Å². The van der Waals surface area contributed by atoms with Crippen LogP contribution in [0.5, 0.6) is 5.75 Å². The Bertz CT molecular complexity index is 571. The Morgan fingerprint density at radius 1 is 1.47 bits per heavy atom. The Hall–Kier alpha value is -1.93. The van der Waals surface area contributed by atoms with Crippen molar-refractivity contribution < 1.29 is 4.74 Å². The number of thioether (sulfide) groups is 1. The molecule has 0 saturated carbocycles. The van der Waals surface area contributed by atoms with Crippen LogP contribution in [0.25, 0.3) is 11.3 Å². The summed E-state index contributed by atoms with van der Waals surface area (Å²) in [4.78, 5) is 0. The van der Waals surface area contributed by atoms with Gasteiger partial charge in [0, 0.05) is 5.56 Å². The number of hydrogen-bond donors (Lipinski definition) is 1. The third-order valence-electron chi connectivity index (χ3n) is 2.40. The second-order valence-corrected chi connectivity index (χ2v) is 4.12. The maximum Gasteiger partial charge on any atom is 0.136 e. The number of ether oxygens (including phenoxy) is 1. The number of rotatable bonds is 3. The molecule has 0 aliphatic rings. The Morgan fingerprint density at radius 2 is 2.29 bits per heavy atom. The standard InChI is InChI=1S/C12H11N3OS/c1-16-9-5-3-4-8(6-9)11-10(7-13)12(17-2)15-14-11/h3-6H,1-2H3,(H,14,15). The summed E-state index contributed by atoms with van der Waals surface area (Å²) in [5, 5.41) is 16.9. The number of benzene rings is 1. The highest BCUT2D eigenvalue weighted by molar-refractivity contribution is 7.98. The normalized spacial score (nSPS) is 9.94. The first-order valence-electron chi connectivity index (χ1n) is 4.97. The van der Waals surface area contributed by atoms with Crippen molar-refractivity contribution in [3.05, 3.63) is 29.8 Å². The maximum atomic E-state index is 9.15. The lowest BCUT2D eigenvalue weighted by molar-refractivity contribution is 0.415. The molecule has 0 spiro atoms. The molecular weight excluding hydrogens is 234 g/mol. The van der Waals surface area contributed by atoms with Crippen LogP contribution in [0, 0.1) is 11.3 Å². The van der Waals surface area contributed by atoms with Crippen LogP contribution in [-0.4, -0.2) is 23.6 Å². The van der Waals surface area contributed by atoms with E-state index in [4.69, 9.17) is 10.00 Å². The van der Waals surface area contributed by atoms with Gasteiger partial charge in [0.1, 0.15) is 22.4 Å². The van der Waals surface area contributed by atoms with Crippen molar-refractivity contribution in [2.75, 3.05) is 13.4 Å². The quantitative estimate of drug-likeness (QED) is 0.844. The third-order valence-corrected chi connectivity index (χ3v) is 3.08. The fourth-order valence-electron chi connectivity index (χ4n) is 1.56. The molecule has 0 bridgehead atoms. The van der Waals surface area contributed by atoms with Gasteiger partial charge < -0.3 is 4.74 Å². The number of hydrogen-bond acceptors (Lipinski definition) is 4. The SMILES string of the molecule is COc1cccc(-c2[nH]nc(SC)c2C#N)c1. The maximum absolute atomic E-state index is 9.15. The molecule has 0 fully saturated rings. The van der Waals surface area contributed by atoms with Gasteiger partial charge in [-0.1, -0.05) is 12.1 Å². The van der Waals surface area contributed by atoms with Gasteiger partial charge in [-0.05, 0) is 18.4 Å². The molecule has 17 heavy (non-hydrogen) atoms. The minimum absolute atomic E-state index is 0.575. The molecule has 0 amide bonds. The van der Waals surface area contributed by atoms with E-state index in [2.05, 4.69) is 16.3 Å². The highest BCUT2D eigenvalue weighted by atomic mass is 32.2. The van der Waals surface area contributed by atoms with E-state index in [1.165, 1.54) is 11.8 Å². The molecule has 0 atom stereocenters. The Labute approximate surface area is 104 Å². The van der Waals surface area contributed by atoms with Gasteiger partial charge >= 0.3 is 0 Å². The van der Waals surface area contributed by atoms with E-state index in [9.17, 15) is 0 Å². The molecule has 0 unspecified atom stereocenters. The van der Waals surface area contributed by atoms with Gasteiger partial charge in [-0.2, -0.15) is 10.4 Å². The monoisotopic (exact) mass is 245 g/mol. The molecule has 1 aromatic carbocycles. The average Bonchev–Trinajstić information content (AvgIpc) is 2.81. The van der Waals surface area contributed by atoms with Gasteiger partial charge in [0.15, 0.2) is 0 Å². The second kappa shape index (κ2) is 4.93. The van der Waals surface area contributed by atoms with Gasteiger partial charge in [-0.25, -0.2) is 0 Å². The van der Waals surface area contributed by atoms with Gasteiger partial charge in [-0.15, -0.1) is 11.8 Å². The minimum atomic E-state index is 0.575. The highest BCUT2D eigenvalue weighted by Crippen LogP contribution is 2.29. The zero-order valence-corrected chi connectivity index (χ0v) is 10.3. The van der Waals surface area contributed by atoms with Crippen LogP contribution in [-0.2, 0) is 0 Å². The molecule has 1 N–H and O–H groups in total. The first kappa shape index (κ1) is 11.6. The Balaban J connectivity index is 2.53. The first-order chi connectivity index (χ1) is 8.30. The molecule has 4 nitrogen and oxygen atoms in total. The van der Waals surface area contributed by atoms with E-state index >= 15 is 0 Å². The van der Waals surface area contributed by atoms with Crippen molar-refractivity contribution >= 4 is 11.8 Å². The molecule has 5 heteroatoms. The zero-order valence-electron chi connectivity index (χ0n) is 9.52. The number of nitriles is 1. The molecule has 0 radical (unpaired) electrons. The summed E-state index contributed by atoms with van der Waals surface area (Å²) in [6.45, 7) is 0. The van der Waals surface area contributed by atoms with E-state index in [0.29, 0.717) is 10.6 Å². The summed E-state index contributed by atoms with van der Waals surface area (Å²) in [6.07, 6.45) is 1.90. The fraction of sp³-hybridized carbons (Fsp3) is 0.167. The van der Waals surface area contributed by atoms with Gasteiger partial charge in [-0.3, -0.25) is 5.10 Å². The Kier molecular flexibility index (Phi) is 3.35. The first-order valence-corrected chi connectivity index (χ1v) is 6.19. The molecular formula is C12H11N3OS. The summed E-state index contributed by atoms with van der Waals surface area (Å²) in [6, 6.07) is 9.71. The summed E-state index contributed by atoms with van der Waals surface area (Å²) < 4.78 is 5.16. The number of aromatic nitrogens is 2. The largest absolute Gasteiger partial charge is 0.497 e. The van der Waals surface area contributed by atoms with E-state index in [0.717, 1.165) is 17.0 Å². The van der Waals surface area contributed by atoms with Crippen molar-refractivity contribution in [3.8, 4) is 23.1 Å². The molecule has 0 aliphatic carbocycles. The van der Waals surface area contributed by atoms with Gasteiger partial charge in [0.25, 0.3) is 0 Å². The van der Waals surface area contributed by atoms with E-state index in [-0.39, 0.29) is 0 Å². The van der Waals surface area contributed by atoms with Crippen LogP contribution in [0.3, 0.4) is 0 Å². The van der Waals surface area contributed by atoms with Crippen molar-refractivity contribution in [2.45, 2.75) is 5.03 Å². The topological polar surface area (TPSA) is 61.7 Å². The number of H-pyrrole nitrogens is 1. The third kappa shape index (κ3) is 2.12. The number of nitrogens with one attached hydrogen (secondary N) is 1. The van der Waals surface area contributed by atoms with E-state index in [1.807, 2.05) is 30.5 Å². The lowest BCUT2D eigenvalue weighted by Gasteiger charge is -2.02. The lowest BCUT2D eigenvalue weighted by Crippen LogP contribution is -1.86.